The lowest BCUT2D eigenvalue weighted by molar-refractivity contribution is 0.134. The molecule has 1 aromatic carbocycles. The molecule has 0 radical (unpaired) electrons. The Morgan fingerprint density at radius 1 is 1.05 bits per heavy atom. The molecule has 1 aliphatic carbocycles. The molecule has 2 rings (SSSR count). The minimum atomic E-state index is -0.0999. The van der Waals surface area contributed by atoms with E-state index in [1.807, 2.05) is 0 Å². The molecule has 0 saturated heterocycles. The van der Waals surface area contributed by atoms with Crippen LogP contribution in [-0.2, 0) is 5.54 Å². The first-order chi connectivity index (χ1) is 9.22. The van der Waals surface area contributed by atoms with Gasteiger partial charge in [-0.3, -0.25) is 0 Å². The highest BCUT2D eigenvalue weighted by Crippen LogP contribution is 2.44. The molecule has 1 fully saturated rings. The monoisotopic (exact) mass is 273 g/mol. The Balaban J connectivity index is 2.09. The quantitative estimate of drug-likeness (QED) is 0.787. The second kappa shape index (κ2) is 5.52. The van der Waals surface area contributed by atoms with Gasteiger partial charge < -0.3 is 5.73 Å². The third kappa shape index (κ3) is 3.25. The standard InChI is InChI=1S/C19H31N/c1-14(2)15-6-8-17(9-7-15)19(20)12-10-16(11-13-19)18(3,4)5/h6-9,14,16H,10-13,20H2,1-5H3. The smallest absolute Gasteiger partial charge is 0.0409 e. The van der Waals surface area contributed by atoms with Crippen molar-refractivity contribution in [1.29, 1.82) is 0 Å². The maximum atomic E-state index is 6.71. The number of rotatable bonds is 2. The van der Waals surface area contributed by atoms with Gasteiger partial charge in [-0.05, 0) is 54.1 Å². The van der Waals surface area contributed by atoms with Gasteiger partial charge in [0.15, 0.2) is 0 Å². The van der Waals surface area contributed by atoms with Gasteiger partial charge >= 0.3 is 0 Å². The first-order valence-electron chi connectivity index (χ1n) is 8.12. The highest BCUT2D eigenvalue weighted by atomic mass is 14.7. The molecule has 1 saturated carbocycles. The van der Waals surface area contributed by atoms with Crippen molar-refractivity contribution in [2.75, 3.05) is 0 Å². The number of hydrogen-bond acceptors (Lipinski definition) is 1. The minimum Gasteiger partial charge on any atom is -0.321 e. The lowest BCUT2D eigenvalue weighted by atomic mass is 9.66. The molecular formula is C19H31N. The molecule has 2 N–H and O–H groups in total. The molecule has 0 aliphatic heterocycles. The van der Waals surface area contributed by atoms with Crippen LogP contribution < -0.4 is 5.73 Å². The molecular weight excluding hydrogens is 242 g/mol. The Bertz CT molecular complexity index is 428. The molecule has 0 bridgehead atoms. The first-order valence-corrected chi connectivity index (χ1v) is 8.12. The summed E-state index contributed by atoms with van der Waals surface area (Å²) >= 11 is 0. The molecule has 0 unspecified atom stereocenters. The summed E-state index contributed by atoms with van der Waals surface area (Å²) in [5.74, 6) is 1.41. The zero-order valence-corrected chi connectivity index (χ0v) is 13.9. The molecule has 0 amide bonds. The fourth-order valence-corrected chi connectivity index (χ4v) is 3.49. The van der Waals surface area contributed by atoms with Crippen molar-refractivity contribution >= 4 is 0 Å². The average molecular weight is 273 g/mol. The predicted octanol–water partition coefficient (Wildman–Crippen LogP) is 5.20. The Hall–Kier alpha value is -0.820. The van der Waals surface area contributed by atoms with E-state index in [1.165, 1.54) is 24.0 Å². The second-order valence-corrected chi connectivity index (χ2v) is 8.07. The highest BCUT2D eigenvalue weighted by molar-refractivity contribution is 5.30. The summed E-state index contributed by atoms with van der Waals surface area (Å²) in [7, 11) is 0. The van der Waals surface area contributed by atoms with E-state index in [2.05, 4.69) is 58.9 Å². The van der Waals surface area contributed by atoms with Crippen LogP contribution in [0.2, 0.25) is 0 Å². The largest absolute Gasteiger partial charge is 0.321 e. The topological polar surface area (TPSA) is 26.0 Å². The van der Waals surface area contributed by atoms with E-state index in [0.29, 0.717) is 11.3 Å². The average Bonchev–Trinajstić information content (AvgIpc) is 2.38. The zero-order valence-electron chi connectivity index (χ0n) is 13.9. The molecule has 0 atom stereocenters. The lowest BCUT2D eigenvalue weighted by Crippen LogP contribution is -2.42. The van der Waals surface area contributed by atoms with E-state index < -0.39 is 0 Å². The summed E-state index contributed by atoms with van der Waals surface area (Å²) in [6, 6.07) is 9.02. The summed E-state index contributed by atoms with van der Waals surface area (Å²) in [5, 5.41) is 0. The van der Waals surface area contributed by atoms with Crippen molar-refractivity contribution in [2.24, 2.45) is 17.1 Å². The molecule has 0 aromatic heterocycles. The summed E-state index contributed by atoms with van der Waals surface area (Å²) in [4.78, 5) is 0. The Kier molecular flexibility index (Phi) is 4.30. The van der Waals surface area contributed by atoms with E-state index in [9.17, 15) is 0 Å². The van der Waals surface area contributed by atoms with Gasteiger partial charge in [-0.2, -0.15) is 0 Å². The maximum absolute atomic E-state index is 6.71. The summed E-state index contributed by atoms with van der Waals surface area (Å²) in [6.45, 7) is 11.6. The van der Waals surface area contributed by atoms with Crippen LogP contribution in [0.5, 0.6) is 0 Å². The van der Waals surface area contributed by atoms with Gasteiger partial charge in [0.2, 0.25) is 0 Å². The summed E-state index contributed by atoms with van der Waals surface area (Å²) in [6.07, 6.45) is 4.75. The van der Waals surface area contributed by atoms with Crippen molar-refractivity contribution in [3.63, 3.8) is 0 Å². The summed E-state index contributed by atoms with van der Waals surface area (Å²) in [5.41, 5.74) is 9.76. The maximum Gasteiger partial charge on any atom is 0.0409 e. The van der Waals surface area contributed by atoms with E-state index in [4.69, 9.17) is 5.73 Å². The van der Waals surface area contributed by atoms with Gasteiger partial charge in [-0.15, -0.1) is 0 Å². The second-order valence-electron chi connectivity index (χ2n) is 8.07. The fourth-order valence-electron chi connectivity index (χ4n) is 3.49. The fraction of sp³-hybridized carbons (Fsp3) is 0.684. The molecule has 0 heterocycles. The normalized spacial score (nSPS) is 27.9. The van der Waals surface area contributed by atoms with Crippen LogP contribution in [0.4, 0.5) is 0 Å². The number of hydrogen-bond donors (Lipinski definition) is 1. The zero-order chi connectivity index (χ0) is 15.0. The SMILES string of the molecule is CC(C)c1ccc(C2(N)CCC(C(C)(C)C)CC2)cc1. The molecule has 0 spiro atoms. The Labute approximate surface area is 125 Å². The van der Waals surface area contributed by atoms with Crippen LogP contribution >= 0.6 is 0 Å². The third-order valence-corrected chi connectivity index (χ3v) is 5.25. The predicted molar refractivity (Wildman–Crippen MR) is 87.8 cm³/mol. The van der Waals surface area contributed by atoms with Crippen LogP contribution in [0.3, 0.4) is 0 Å². The van der Waals surface area contributed by atoms with Crippen molar-refractivity contribution < 1.29 is 0 Å². The van der Waals surface area contributed by atoms with E-state index in [1.54, 1.807) is 0 Å². The van der Waals surface area contributed by atoms with Gasteiger partial charge in [-0.25, -0.2) is 0 Å². The third-order valence-electron chi connectivity index (χ3n) is 5.25. The number of benzene rings is 1. The highest BCUT2D eigenvalue weighted by Gasteiger charge is 2.37. The van der Waals surface area contributed by atoms with Crippen molar-refractivity contribution in [3.05, 3.63) is 35.4 Å². The van der Waals surface area contributed by atoms with Crippen molar-refractivity contribution in [2.45, 2.75) is 71.8 Å². The van der Waals surface area contributed by atoms with Crippen LogP contribution in [0, 0.1) is 11.3 Å². The molecule has 112 valence electrons. The number of nitrogens with two attached hydrogens (primary N) is 1. The van der Waals surface area contributed by atoms with Crippen LogP contribution in [0.25, 0.3) is 0 Å². The summed E-state index contributed by atoms with van der Waals surface area (Å²) < 4.78 is 0. The van der Waals surface area contributed by atoms with Crippen LogP contribution in [-0.4, -0.2) is 0 Å². The van der Waals surface area contributed by atoms with Gasteiger partial charge in [0.05, 0.1) is 0 Å². The van der Waals surface area contributed by atoms with E-state index in [0.717, 1.165) is 18.8 Å². The molecule has 20 heavy (non-hydrogen) atoms. The molecule has 1 heteroatoms. The van der Waals surface area contributed by atoms with E-state index in [-0.39, 0.29) is 5.54 Å². The minimum absolute atomic E-state index is 0.0999. The van der Waals surface area contributed by atoms with Gasteiger partial charge in [0.1, 0.15) is 0 Å². The molecule has 1 aliphatic rings. The van der Waals surface area contributed by atoms with Gasteiger partial charge in [0.25, 0.3) is 0 Å². The van der Waals surface area contributed by atoms with Crippen LogP contribution in [0.15, 0.2) is 24.3 Å². The Morgan fingerprint density at radius 2 is 1.55 bits per heavy atom. The lowest BCUT2D eigenvalue weighted by Gasteiger charge is -2.42. The van der Waals surface area contributed by atoms with Crippen molar-refractivity contribution in [3.8, 4) is 0 Å². The van der Waals surface area contributed by atoms with E-state index >= 15 is 0 Å². The van der Waals surface area contributed by atoms with Gasteiger partial charge in [0, 0.05) is 5.54 Å². The van der Waals surface area contributed by atoms with Crippen LogP contribution in [0.1, 0.15) is 77.3 Å². The first kappa shape index (κ1) is 15.6. The molecule has 1 aromatic rings. The Morgan fingerprint density at radius 3 is 1.95 bits per heavy atom. The van der Waals surface area contributed by atoms with Crippen molar-refractivity contribution in [1.82, 2.24) is 0 Å². The van der Waals surface area contributed by atoms with Gasteiger partial charge in [-0.1, -0.05) is 58.9 Å². The molecule has 1 nitrogen and oxygen atoms in total.